The van der Waals surface area contributed by atoms with E-state index in [0.717, 1.165) is 16.9 Å². The number of carbonyl (C=O) groups excluding carboxylic acids is 1. The number of hydrogen-bond donors (Lipinski definition) is 1. The molecule has 1 N–H and O–H groups in total. The summed E-state index contributed by atoms with van der Waals surface area (Å²) in [5.41, 5.74) is 0.893. The molecule has 7 heteroatoms. The van der Waals surface area contributed by atoms with Crippen molar-refractivity contribution in [2.24, 2.45) is 0 Å². The predicted octanol–water partition coefficient (Wildman–Crippen LogP) is 3.11. The second-order valence-electron chi connectivity index (χ2n) is 5.47. The van der Waals surface area contributed by atoms with Gasteiger partial charge in [0.1, 0.15) is 17.2 Å². The number of anilines is 1. The second kappa shape index (κ2) is 6.52. The van der Waals surface area contributed by atoms with Gasteiger partial charge < -0.3 is 5.32 Å². The van der Waals surface area contributed by atoms with Gasteiger partial charge in [-0.25, -0.2) is 9.37 Å². The van der Waals surface area contributed by atoms with Crippen molar-refractivity contribution in [2.75, 3.05) is 5.32 Å². The summed E-state index contributed by atoms with van der Waals surface area (Å²) in [6.07, 6.45) is 2.21. The van der Waals surface area contributed by atoms with Gasteiger partial charge in [-0.2, -0.15) is 0 Å². The van der Waals surface area contributed by atoms with E-state index in [2.05, 4.69) is 10.3 Å². The van der Waals surface area contributed by atoms with Crippen LogP contribution in [0.4, 0.5) is 10.1 Å². The van der Waals surface area contributed by atoms with Gasteiger partial charge in [-0.1, -0.05) is 13.0 Å². The molecule has 0 saturated carbocycles. The normalized spacial score (nSPS) is 11.0. The molecular weight excluding hydrogens is 329 g/mol. The zero-order chi connectivity index (χ0) is 17.3. The van der Waals surface area contributed by atoms with E-state index in [0.29, 0.717) is 15.9 Å². The lowest BCUT2D eigenvalue weighted by molar-refractivity contribution is -0.116. The molecule has 0 fully saturated rings. The summed E-state index contributed by atoms with van der Waals surface area (Å²) in [4.78, 5) is 30.6. The number of nitrogens with zero attached hydrogens (tertiary/aromatic N) is 2. The van der Waals surface area contributed by atoms with Crippen LogP contribution in [0, 0.1) is 12.7 Å². The Morgan fingerprint density at radius 3 is 2.92 bits per heavy atom. The van der Waals surface area contributed by atoms with Gasteiger partial charge in [0.25, 0.3) is 5.56 Å². The Labute approximate surface area is 141 Å². The van der Waals surface area contributed by atoms with E-state index < -0.39 is 11.7 Å². The Kier molecular flexibility index (Phi) is 4.44. The molecule has 24 heavy (non-hydrogen) atoms. The summed E-state index contributed by atoms with van der Waals surface area (Å²) in [5.74, 6) is -0.834. The Hall–Kier alpha value is -2.54. The molecule has 0 spiro atoms. The maximum absolute atomic E-state index is 13.3. The minimum Gasteiger partial charge on any atom is -0.324 e. The van der Waals surface area contributed by atoms with Gasteiger partial charge in [0.05, 0.1) is 11.7 Å². The minimum absolute atomic E-state index is 0.172. The smallest absolute Gasteiger partial charge is 0.262 e. The van der Waals surface area contributed by atoms with E-state index in [4.69, 9.17) is 0 Å². The van der Waals surface area contributed by atoms with Crippen molar-refractivity contribution < 1.29 is 9.18 Å². The molecule has 0 bridgehead atoms. The van der Waals surface area contributed by atoms with Crippen LogP contribution >= 0.6 is 11.3 Å². The zero-order valence-corrected chi connectivity index (χ0v) is 14.1. The number of hydrogen-bond acceptors (Lipinski definition) is 4. The number of aromatic nitrogens is 2. The number of amides is 1. The Morgan fingerprint density at radius 1 is 1.38 bits per heavy atom. The third-order valence-corrected chi connectivity index (χ3v) is 4.89. The summed E-state index contributed by atoms with van der Waals surface area (Å²) >= 11 is 1.48. The fraction of sp³-hybridized carbons (Fsp3) is 0.235. The van der Waals surface area contributed by atoms with E-state index in [1.807, 2.05) is 13.0 Å². The molecular formula is C17H16FN3O2S. The van der Waals surface area contributed by atoms with E-state index in [-0.39, 0.29) is 12.1 Å². The number of benzene rings is 1. The first-order chi connectivity index (χ1) is 11.5. The van der Waals surface area contributed by atoms with Crippen molar-refractivity contribution in [2.45, 2.75) is 26.8 Å². The third-order valence-electron chi connectivity index (χ3n) is 3.71. The van der Waals surface area contributed by atoms with Gasteiger partial charge in [0, 0.05) is 10.6 Å². The second-order valence-corrected chi connectivity index (χ2v) is 6.59. The predicted molar refractivity (Wildman–Crippen MR) is 93.0 cm³/mol. The summed E-state index contributed by atoms with van der Waals surface area (Å²) in [7, 11) is 0. The van der Waals surface area contributed by atoms with Crippen LogP contribution in [-0.4, -0.2) is 15.5 Å². The fourth-order valence-electron chi connectivity index (χ4n) is 2.37. The van der Waals surface area contributed by atoms with Crippen molar-refractivity contribution in [3.63, 3.8) is 0 Å². The van der Waals surface area contributed by atoms with Crippen LogP contribution in [0.5, 0.6) is 0 Å². The lowest BCUT2D eigenvalue weighted by Crippen LogP contribution is -2.27. The standard InChI is InChI=1S/C17H16FN3O2S/c1-3-12-7-13-16(24-12)19-9-21(17(13)23)8-15(22)20-14-6-11(18)5-4-10(14)2/h4-7,9H,3,8H2,1-2H3,(H,20,22). The summed E-state index contributed by atoms with van der Waals surface area (Å²) in [5, 5.41) is 3.15. The molecule has 3 aromatic rings. The van der Waals surface area contributed by atoms with Gasteiger partial charge >= 0.3 is 0 Å². The first-order valence-electron chi connectivity index (χ1n) is 7.51. The quantitative estimate of drug-likeness (QED) is 0.790. The van der Waals surface area contributed by atoms with E-state index >= 15 is 0 Å². The molecule has 0 unspecified atom stereocenters. The van der Waals surface area contributed by atoms with Crippen LogP contribution in [0.2, 0.25) is 0 Å². The first-order valence-corrected chi connectivity index (χ1v) is 8.33. The minimum atomic E-state index is -0.429. The SMILES string of the molecule is CCc1cc2c(=O)n(CC(=O)Nc3cc(F)ccc3C)cnc2s1. The topological polar surface area (TPSA) is 64.0 Å². The molecule has 0 aliphatic heterocycles. The number of carbonyl (C=O) groups is 1. The van der Waals surface area contributed by atoms with Crippen molar-refractivity contribution in [3.8, 4) is 0 Å². The molecule has 3 rings (SSSR count). The van der Waals surface area contributed by atoms with Crippen LogP contribution in [0.25, 0.3) is 10.2 Å². The molecule has 0 saturated heterocycles. The van der Waals surface area contributed by atoms with E-state index in [9.17, 15) is 14.0 Å². The highest BCUT2D eigenvalue weighted by molar-refractivity contribution is 7.18. The molecule has 124 valence electrons. The Bertz CT molecular complexity index is 978. The highest BCUT2D eigenvalue weighted by Crippen LogP contribution is 2.21. The number of halogens is 1. The number of fused-ring (bicyclic) bond motifs is 1. The van der Waals surface area contributed by atoms with Gasteiger partial charge in [-0.3, -0.25) is 14.2 Å². The molecule has 1 aromatic carbocycles. The van der Waals surface area contributed by atoms with Crippen LogP contribution in [0.3, 0.4) is 0 Å². The molecule has 0 radical (unpaired) electrons. The highest BCUT2D eigenvalue weighted by atomic mass is 32.1. The summed E-state index contributed by atoms with van der Waals surface area (Å²) in [6.45, 7) is 3.61. The zero-order valence-electron chi connectivity index (χ0n) is 13.3. The first kappa shape index (κ1) is 16.3. The van der Waals surface area contributed by atoms with Gasteiger partial charge in [0.15, 0.2) is 0 Å². The van der Waals surface area contributed by atoms with Crippen molar-refractivity contribution >= 4 is 33.1 Å². The molecule has 0 aliphatic rings. The maximum Gasteiger partial charge on any atom is 0.262 e. The summed E-state index contributed by atoms with van der Waals surface area (Å²) in [6, 6.07) is 5.99. The fourth-order valence-corrected chi connectivity index (χ4v) is 3.30. The molecule has 0 atom stereocenters. The van der Waals surface area contributed by atoms with Crippen molar-refractivity contribution in [1.82, 2.24) is 9.55 Å². The largest absolute Gasteiger partial charge is 0.324 e. The van der Waals surface area contributed by atoms with Crippen LogP contribution in [0.15, 0.2) is 35.4 Å². The van der Waals surface area contributed by atoms with Crippen LogP contribution < -0.4 is 10.9 Å². The summed E-state index contributed by atoms with van der Waals surface area (Å²) < 4.78 is 14.5. The lowest BCUT2D eigenvalue weighted by Gasteiger charge is -2.09. The van der Waals surface area contributed by atoms with Crippen molar-refractivity contribution in [3.05, 3.63) is 57.2 Å². The Morgan fingerprint density at radius 2 is 2.17 bits per heavy atom. The number of rotatable bonds is 4. The Balaban J connectivity index is 1.84. The van der Waals surface area contributed by atoms with Gasteiger partial charge in [-0.15, -0.1) is 11.3 Å². The lowest BCUT2D eigenvalue weighted by atomic mass is 10.2. The van der Waals surface area contributed by atoms with E-state index in [1.54, 1.807) is 13.0 Å². The molecule has 5 nitrogen and oxygen atoms in total. The number of thiophene rings is 1. The van der Waals surface area contributed by atoms with Gasteiger partial charge in [0.2, 0.25) is 5.91 Å². The van der Waals surface area contributed by atoms with Crippen molar-refractivity contribution in [1.29, 1.82) is 0 Å². The number of nitrogens with one attached hydrogen (secondary N) is 1. The van der Waals surface area contributed by atoms with Crippen LogP contribution in [-0.2, 0) is 17.8 Å². The maximum atomic E-state index is 13.3. The van der Waals surface area contributed by atoms with Crippen LogP contribution in [0.1, 0.15) is 17.4 Å². The molecule has 1 amide bonds. The van der Waals surface area contributed by atoms with Gasteiger partial charge in [-0.05, 0) is 37.1 Å². The third kappa shape index (κ3) is 3.21. The average molecular weight is 345 g/mol. The highest BCUT2D eigenvalue weighted by Gasteiger charge is 2.12. The average Bonchev–Trinajstić information content (AvgIpc) is 2.98. The molecule has 2 aromatic heterocycles. The molecule has 0 aliphatic carbocycles. The number of aryl methyl sites for hydroxylation is 2. The monoisotopic (exact) mass is 345 g/mol. The molecule has 2 heterocycles. The van der Waals surface area contributed by atoms with E-state index in [1.165, 1.54) is 34.4 Å².